The number of hydrogen-bond acceptors (Lipinski definition) is 6. The Morgan fingerprint density at radius 3 is 2.52 bits per heavy atom. The van der Waals surface area contributed by atoms with Crippen LogP contribution in [0, 0.1) is 29.0 Å². The number of carbonyl (C=O) groups excluding carboxylic acids is 2. The van der Waals surface area contributed by atoms with Crippen LogP contribution in [0.3, 0.4) is 0 Å². The van der Waals surface area contributed by atoms with Crippen LogP contribution in [-0.2, 0) is 9.53 Å². The maximum Gasteiger partial charge on any atom is 0.408 e. The van der Waals surface area contributed by atoms with E-state index in [1.165, 1.54) is 18.6 Å². The van der Waals surface area contributed by atoms with Gasteiger partial charge in [0.05, 0.1) is 24.2 Å². The smallest absolute Gasteiger partial charge is 0.408 e. The molecule has 2 aliphatic carbocycles. The molecule has 1 N–H and O–H groups in total. The first-order chi connectivity index (χ1) is 20.0. The van der Waals surface area contributed by atoms with Crippen LogP contribution in [0.2, 0.25) is 0 Å². The molecule has 0 spiro atoms. The fourth-order valence-electron chi connectivity index (χ4n) is 8.11. The van der Waals surface area contributed by atoms with Crippen molar-refractivity contribution in [3.05, 3.63) is 47.9 Å². The zero-order valence-electron chi connectivity index (χ0n) is 25.1. The van der Waals surface area contributed by atoms with Crippen LogP contribution < -0.4 is 5.32 Å². The fraction of sp³-hybridized carbons (Fsp3) is 0.667. The summed E-state index contributed by atoms with van der Waals surface area (Å²) in [7, 11) is 0. The number of nitriles is 1. The van der Waals surface area contributed by atoms with E-state index in [1.54, 1.807) is 0 Å². The molecular formula is C33H44FN5O3. The summed E-state index contributed by atoms with van der Waals surface area (Å²) in [6.07, 6.45) is 7.78. The number of piperidine rings is 1. The average Bonchev–Trinajstić information content (AvgIpc) is 3.27. The number of nitrogens with zero attached hydrogens (tertiary/aromatic N) is 4. The highest BCUT2D eigenvalue weighted by Gasteiger charge is 2.56. The van der Waals surface area contributed by atoms with Crippen LogP contribution >= 0.6 is 0 Å². The van der Waals surface area contributed by atoms with Gasteiger partial charge in [0.15, 0.2) is 0 Å². The summed E-state index contributed by atoms with van der Waals surface area (Å²) in [5.41, 5.74) is 1.08. The molecule has 42 heavy (non-hydrogen) atoms. The molecule has 1 aromatic carbocycles. The highest BCUT2D eigenvalue weighted by molar-refractivity contribution is 5.86. The Kier molecular flexibility index (Phi) is 7.71. The highest BCUT2D eigenvalue weighted by atomic mass is 19.1. The molecule has 0 aromatic heterocycles. The van der Waals surface area contributed by atoms with E-state index in [1.807, 2.05) is 32.9 Å². The zero-order valence-corrected chi connectivity index (χ0v) is 25.1. The number of ether oxygens (including phenoxy) is 1. The molecule has 7 atom stereocenters. The molecule has 5 aliphatic rings. The number of amides is 2. The Labute approximate surface area is 248 Å². The summed E-state index contributed by atoms with van der Waals surface area (Å²) in [6.45, 7) is 11.0. The Morgan fingerprint density at radius 2 is 1.88 bits per heavy atom. The van der Waals surface area contributed by atoms with Gasteiger partial charge >= 0.3 is 6.09 Å². The lowest BCUT2D eigenvalue weighted by molar-refractivity contribution is -0.141. The van der Waals surface area contributed by atoms with Crippen molar-refractivity contribution in [2.24, 2.45) is 11.8 Å². The molecule has 5 fully saturated rings. The first-order valence-electron chi connectivity index (χ1n) is 15.7. The van der Waals surface area contributed by atoms with Crippen LogP contribution in [0.1, 0.15) is 83.7 Å². The molecule has 3 heterocycles. The number of fused-ring (bicyclic) bond motifs is 3. The number of alkyl carbamates (subject to hydrolysis) is 1. The van der Waals surface area contributed by atoms with E-state index in [2.05, 4.69) is 32.7 Å². The average molecular weight is 578 g/mol. The molecule has 2 saturated carbocycles. The van der Waals surface area contributed by atoms with Crippen LogP contribution in [-0.4, -0.2) is 75.6 Å². The predicted molar refractivity (Wildman–Crippen MR) is 156 cm³/mol. The van der Waals surface area contributed by atoms with Gasteiger partial charge in [-0.3, -0.25) is 9.69 Å². The topological polar surface area (TPSA) is 88.9 Å². The van der Waals surface area contributed by atoms with Crippen LogP contribution in [0.25, 0.3) is 0 Å². The van der Waals surface area contributed by atoms with Gasteiger partial charge in [0.25, 0.3) is 0 Å². The number of piperazine rings is 1. The maximum atomic E-state index is 14.1. The molecule has 9 heteroatoms. The summed E-state index contributed by atoms with van der Waals surface area (Å²) in [5.74, 6) is 0.729. The molecular weight excluding hydrogens is 533 g/mol. The Balaban J connectivity index is 1.21. The molecule has 3 saturated heterocycles. The van der Waals surface area contributed by atoms with Gasteiger partial charge in [-0.15, -0.1) is 0 Å². The molecule has 8 nitrogen and oxygen atoms in total. The number of benzene rings is 1. The van der Waals surface area contributed by atoms with Crippen molar-refractivity contribution in [1.29, 1.82) is 5.26 Å². The van der Waals surface area contributed by atoms with E-state index >= 15 is 0 Å². The largest absolute Gasteiger partial charge is 0.444 e. The number of rotatable bonds is 8. The minimum atomic E-state index is -0.655. The number of likely N-dealkylation sites (tertiary alicyclic amines) is 3. The van der Waals surface area contributed by atoms with Crippen molar-refractivity contribution in [3.8, 4) is 6.07 Å². The van der Waals surface area contributed by atoms with Gasteiger partial charge in [-0.25, -0.2) is 9.18 Å². The van der Waals surface area contributed by atoms with E-state index in [0.29, 0.717) is 31.0 Å². The second-order valence-corrected chi connectivity index (χ2v) is 14.0. The normalized spacial score (nSPS) is 30.5. The van der Waals surface area contributed by atoms with Gasteiger partial charge in [0.2, 0.25) is 5.91 Å². The van der Waals surface area contributed by atoms with Gasteiger partial charge in [-0.05, 0) is 82.4 Å². The van der Waals surface area contributed by atoms with Gasteiger partial charge in [-0.2, -0.15) is 5.26 Å². The van der Waals surface area contributed by atoms with Crippen molar-refractivity contribution in [2.75, 3.05) is 13.1 Å². The summed E-state index contributed by atoms with van der Waals surface area (Å²) in [4.78, 5) is 33.4. The Hall–Kier alpha value is -3.12. The maximum absolute atomic E-state index is 14.1. The molecule has 1 aromatic rings. The monoisotopic (exact) mass is 577 g/mol. The predicted octanol–water partition coefficient (Wildman–Crippen LogP) is 5.13. The lowest BCUT2D eigenvalue weighted by Crippen LogP contribution is -2.57. The van der Waals surface area contributed by atoms with Gasteiger partial charge in [0.1, 0.15) is 17.5 Å². The Bertz CT molecular complexity index is 1250. The summed E-state index contributed by atoms with van der Waals surface area (Å²) in [6, 6.07) is 8.43. The van der Waals surface area contributed by atoms with Crippen molar-refractivity contribution >= 4 is 12.0 Å². The highest BCUT2D eigenvalue weighted by Crippen LogP contribution is 2.50. The minimum absolute atomic E-state index is 0.0472. The first-order valence-corrected chi connectivity index (χ1v) is 15.7. The van der Waals surface area contributed by atoms with Crippen molar-refractivity contribution in [2.45, 2.75) is 114 Å². The molecule has 3 aliphatic heterocycles. The van der Waals surface area contributed by atoms with Crippen LogP contribution in [0.5, 0.6) is 0 Å². The quantitative estimate of drug-likeness (QED) is 0.461. The van der Waals surface area contributed by atoms with Crippen molar-refractivity contribution in [3.63, 3.8) is 0 Å². The van der Waals surface area contributed by atoms with Gasteiger partial charge in [-0.1, -0.05) is 38.0 Å². The number of hydrogen-bond donors (Lipinski definition) is 1. The van der Waals surface area contributed by atoms with E-state index in [9.17, 15) is 19.2 Å². The second kappa shape index (κ2) is 11.2. The van der Waals surface area contributed by atoms with Crippen molar-refractivity contribution in [1.82, 2.24) is 20.0 Å². The molecule has 6 rings (SSSR count). The summed E-state index contributed by atoms with van der Waals surface area (Å²) >= 11 is 0. The third-order valence-corrected chi connectivity index (χ3v) is 10.0. The molecule has 2 bridgehead atoms. The summed E-state index contributed by atoms with van der Waals surface area (Å²) in [5, 5.41) is 12.9. The molecule has 2 amide bonds. The Morgan fingerprint density at radius 1 is 1.17 bits per heavy atom. The summed E-state index contributed by atoms with van der Waals surface area (Å²) < 4.78 is 19.4. The molecule has 226 valence electrons. The van der Waals surface area contributed by atoms with Crippen LogP contribution in [0.15, 0.2) is 36.5 Å². The molecule has 5 unspecified atom stereocenters. The van der Waals surface area contributed by atoms with E-state index in [4.69, 9.17) is 4.74 Å². The van der Waals surface area contributed by atoms with Crippen LogP contribution in [0.4, 0.5) is 9.18 Å². The van der Waals surface area contributed by atoms with Gasteiger partial charge in [0, 0.05) is 30.9 Å². The molecule has 0 radical (unpaired) electrons. The number of nitrogens with one attached hydrogen (secondary N) is 1. The lowest BCUT2D eigenvalue weighted by Gasteiger charge is -2.44. The second-order valence-electron chi connectivity index (χ2n) is 14.0. The minimum Gasteiger partial charge on any atom is -0.444 e. The van der Waals surface area contributed by atoms with E-state index in [0.717, 1.165) is 56.2 Å². The SMILES string of the molecule is C=C(C(CN1C[C@@H]2CC1C(=O)N2C(c1ccc(F)cc1)C1CCCCC1)NC(=O)OC(C)(C)C)N1C(C#N)CC2C[C@@H]21. The first kappa shape index (κ1) is 29.0. The third kappa shape index (κ3) is 5.62. The van der Waals surface area contributed by atoms with Crippen molar-refractivity contribution < 1.29 is 18.7 Å². The standard InChI is InChI=1S/C33H44FN5O3/c1-20(38-25(17-35)14-23-15-28(23)38)27(36-32(41)42-33(2,3)4)19-37-18-26-16-29(37)31(40)39(26)30(21-8-6-5-7-9-21)22-10-12-24(34)13-11-22/h10-13,21,23,25-30H,1,5-9,14-16,18-19H2,2-4H3,(H,36,41)/t23?,25?,26-,27?,28-,29?,30?/m0/s1. The number of carbonyl (C=O) groups is 2. The van der Waals surface area contributed by atoms with Gasteiger partial charge < -0.3 is 19.9 Å². The lowest BCUT2D eigenvalue weighted by atomic mass is 9.80. The van der Waals surface area contributed by atoms with E-state index in [-0.39, 0.29) is 35.9 Å². The zero-order chi connectivity index (χ0) is 29.8. The fourth-order valence-corrected chi connectivity index (χ4v) is 8.11. The number of halogens is 1. The third-order valence-electron chi connectivity index (χ3n) is 10.0. The van der Waals surface area contributed by atoms with E-state index < -0.39 is 17.7 Å².